The number of nitrogens with zero attached hydrogens (tertiary/aromatic N) is 3. The number of aromatic nitrogens is 3. The van der Waals surface area contributed by atoms with Gasteiger partial charge in [-0.2, -0.15) is 0 Å². The first-order chi connectivity index (χ1) is 25.8. The second kappa shape index (κ2) is 12.4. The Balaban J connectivity index is 1.36. The Morgan fingerprint density at radius 3 is 1.50 bits per heavy atom. The number of hydrogen-bond donors (Lipinski definition) is 0. The molecule has 10 aromatic rings. The third-order valence-corrected chi connectivity index (χ3v) is 10.1. The summed E-state index contributed by atoms with van der Waals surface area (Å²) in [7, 11) is 0. The van der Waals surface area contributed by atoms with E-state index in [1.54, 1.807) is 0 Å². The van der Waals surface area contributed by atoms with Crippen molar-refractivity contribution in [3.8, 4) is 56.4 Å². The van der Waals surface area contributed by atoms with Gasteiger partial charge in [0.1, 0.15) is 0 Å². The summed E-state index contributed by atoms with van der Waals surface area (Å²) in [6, 6.07) is 66.3. The molecule has 0 aliphatic rings. The summed E-state index contributed by atoms with van der Waals surface area (Å²) in [5.41, 5.74) is 7.51. The summed E-state index contributed by atoms with van der Waals surface area (Å²) >= 11 is 0. The van der Waals surface area contributed by atoms with Gasteiger partial charge >= 0.3 is 0 Å². The van der Waals surface area contributed by atoms with Gasteiger partial charge in [0, 0.05) is 22.1 Å². The molecular weight excluding hydrogens is 631 g/mol. The Hall–Kier alpha value is -6.97. The van der Waals surface area contributed by atoms with Gasteiger partial charge in [-0.25, -0.2) is 15.0 Å². The van der Waals surface area contributed by atoms with Crippen LogP contribution in [0.15, 0.2) is 188 Å². The lowest BCUT2D eigenvalue weighted by Gasteiger charge is -2.20. The van der Waals surface area contributed by atoms with E-state index in [0.717, 1.165) is 54.7 Å². The van der Waals surface area contributed by atoms with Crippen molar-refractivity contribution in [2.24, 2.45) is 0 Å². The minimum atomic E-state index is 0.638. The molecule has 52 heavy (non-hydrogen) atoms. The highest BCUT2D eigenvalue weighted by atomic mass is 15.0. The van der Waals surface area contributed by atoms with Crippen LogP contribution in [0.3, 0.4) is 0 Å². The van der Waals surface area contributed by atoms with E-state index in [9.17, 15) is 0 Å². The second-order valence-electron chi connectivity index (χ2n) is 13.1. The first-order valence-electron chi connectivity index (χ1n) is 17.6. The van der Waals surface area contributed by atoms with Crippen LogP contribution in [0.4, 0.5) is 0 Å². The van der Waals surface area contributed by atoms with Crippen molar-refractivity contribution in [1.29, 1.82) is 0 Å². The molecule has 0 unspecified atom stereocenters. The van der Waals surface area contributed by atoms with E-state index >= 15 is 0 Å². The number of hydrogen-bond acceptors (Lipinski definition) is 3. The first kappa shape index (κ1) is 29.9. The van der Waals surface area contributed by atoms with Gasteiger partial charge < -0.3 is 0 Å². The van der Waals surface area contributed by atoms with Crippen LogP contribution in [0, 0.1) is 0 Å². The fourth-order valence-corrected chi connectivity index (χ4v) is 7.79. The highest BCUT2D eigenvalue weighted by Gasteiger charge is 2.23. The van der Waals surface area contributed by atoms with E-state index in [1.165, 1.54) is 27.3 Å². The number of benzene rings is 9. The molecule has 9 aromatic carbocycles. The van der Waals surface area contributed by atoms with Crippen LogP contribution in [0.25, 0.3) is 99.5 Å². The summed E-state index contributed by atoms with van der Waals surface area (Å²) < 4.78 is 0. The van der Waals surface area contributed by atoms with Gasteiger partial charge in [0.25, 0.3) is 0 Å². The second-order valence-corrected chi connectivity index (χ2v) is 13.1. The van der Waals surface area contributed by atoms with E-state index in [4.69, 9.17) is 15.0 Å². The predicted octanol–water partition coefficient (Wildman–Crippen LogP) is 12.8. The van der Waals surface area contributed by atoms with Crippen molar-refractivity contribution in [3.63, 3.8) is 0 Å². The summed E-state index contributed by atoms with van der Waals surface area (Å²) in [6.45, 7) is 0. The van der Waals surface area contributed by atoms with Crippen molar-refractivity contribution >= 4 is 43.1 Å². The molecule has 0 saturated carbocycles. The maximum absolute atomic E-state index is 5.42. The zero-order valence-electron chi connectivity index (χ0n) is 28.2. The molecule has 0 spiro atoms. The van der Waals surface area contributed by atoms with Crippen LogP contribution in [-0.4, -0.2) is 15.0 Å². The lowest BCUT2D eigenvalue weighted by molar-refractivity contribution is 1.08. The van der Waals surface area contributed by atoms with Gasteiger partial charge in [-0.1, -0.05) is 188 Å². The molecule has 3 nitrogen and oxygen atoms in total. The third-order valence-electron chi connectivity index (χ3n) is 10.1. The average Bonchev–Trinajstić information content (AvgIpc) is 3.23. The Labute approximate surface area is 301 Å². The van der Waals surface area contributed by atoms with Gasteiger partial charge in [0.2, 0.25) is 0 Å². The molecule has 3 heteroatoms. The van der Waals surface area contributed by atoms with Crippen molar-refractivity contribution in [2.75, 3.05) is 0 Å². The van der Waals surface area contributed by atoms with Crippen LogP contribution < -0.4 is 0 Å². The molecule has 0 radical (unpaired) electrons. The lowest BCUT2D eigenvalue weighted by Crippen LogP contribution is -2.02. The molecule has 1 aromatic heterocycles. The summed E-state index contributed by atoms with van der Waals surface area (Å²) in [5, 5.41) is 9.32. The summed E-state index contributed by atoms with van der Waals surface area (Å²) in [4.78, 5) is 15.9. The Morgan fingerprint density at radius 1 is 0.250 bits per heavy atom. The van der Waals surface area contributed by atoms with Gasteiger partial charge in [-0.3, -0.25) is 0 Å². The fourth-order valence-electron chi connectivity index (χ4n) is 7.79. The Morgan fingerprint density at radius 2 is 0.750 bits per heavy atom. The van der Waals surface area contributed by atoms with Gasteiger partial charge in [-0.05, 0) is 60.0 Å². The van der Waals surface area contributed by atoms with Crippen molar-refractivity contribution in [1.82, 2.24) is 15.0 Å². The largest absolute Gasteiger partial charge is 0.208 e. The van der Waals surface area contributed by atoms with Crippen LogP contribution >= 0.6 is 0 Å². The van der Waals surface area contributed by atoms with Gasteiger partial charge in [0.05, 0.1) is 0 Å². The Kier molecular flexibility index (Phi) is 7.14. The third kappa shape index (κ3) is 4.94. The molecule has 0 saturated heterocycles. The van der Waals surface area contributed by atoms with Crippen molar-refractivity contribution in [3.05, 3.63) is 188 Å². The van der Waals surface area contributed by atoms with E-state index in [2.05, 4.69) is 164 Å². The number of fused-ring (bicyclic) bond motifs is 5. The molecular formula is C49H31N3. The molecule has 0 atom stereocenters. The standard InChI is InChI=1S/C49H31N3/c1-3-16-32(17-4-1)37-24-11-14-28-42(37)48-50-47(35-20-5-2-6-21-35)51-49(52-48)46-41-27-13-12-26-40(41)44(39-29-15-22-33-18-7-9-23-36(33)39)43-31-30-34-19-8-10-25-38(34)45(43)46/h1-31H. The van der Waals surface area contributed by atoms with Crippen LogP contribution in [0.1, 0.15) is 0 Å². The smallest absolute Gasteiger partial charge is 0.165 e. The molecule has 10 rings (SSSR count). The van der Waals surface area contributed by atoms with Crippen molar-refractivity contribution in [2.45, 2.75) is 0 Å². The molecule has 0 fully saturated rings. The molecule has 0 aliphatic heterocycles. The van der Waals surface area contributed by atoms with E-state index < -0.39 is 0 Å². The SMILES string of the molecule is c1ccc(-c2nc(-c3ccccc3-c3ccccc3)nc(-c3c4ccccc4c(-c4cccc5ccccc45)c4ccc5ccccc5c34)n2)cc1. The van der Waals surface area contributed by atoms with E-state index in [-0.39, 0.29) is 0 Å². The van der Waals surface area contributed by atoms with Crippen LogP contribution in [-0.2, 0) is 0 Å². The highest BCUT2D eigenvalue weighted by molar-refractivity contribution is 6.28. The van der Waals surface area contributed by atoms with E-state index in [1.807, 2.05) is 24.3 Å². The molecule has 0 aliphatic carbocycles. The fraction of sp³-hybridized carbons (Fsp3) is 0. The summed E-state index contributed by atoms with van der Waals surface area (Å²) in [5.74, 6) is 1.92. The molecule has 0 N–H and O–H groups in total. The van der Waals surface area contributed by atoms with Crippen LogP contribution in [0.5, 0.6) is 0 Å². The van der Waals surface area contributed by atoms with Gasteiger partial charge in [0.15, 0.2) is 17.5 Å². The normalized spacial score (nSPS) is 11.5. The molecule has 242 valence electrons. The number of rotatable bonds is 5. The average molecular weight is 662 g/mol. The van der Waals surface area contributed by atoms with Gasteiger partial charge in [-0.15, -0.1) is 0 Å². The zero-order valence-corrected chi connectivity index (χ0v) is 28.2. The molecule has 1 heterocycles. The first-order valence-corrected chi connectivity index (χ1v) is 17.6. The minimum absolute atomic E-state index is 0.638. The summed E-state index contributed by atoms with van der Waals surface area (Å²) in [6.07, 6.45) is 0. The highest BCUT2D eigenvalue weighted by Crippen LogP contribution is 2.47. The maximum atomic E-state index is 5.42. The topological polar surface area (TPSA) is 38.7 Å². The monoisotopic (exact) mass is 661 g/mol. The minimum Gasteiger partial charge on any atom is -0.208 e. The maximum Gasteiger partial charge on any atom is 0.165 e. The van der Waals surface area contributed by atoms with Crippen LogP contribution in [0.2, 0.25) is 0 Å². The predicted molar refractivity (Wildman–Crippen MR) is 217 cm³/mol. The Bertz CT molecular complexity index is 2950. The molecule has 0 amide bonds. The van der Waals surface area contributed by atoms with Crippen molar-refractivity contribution < 1.29 is 0 Å². The lowest BCUT2D eigenvalue weighted by atomic mass is 9.84. The molecule has 0 bridgehead atoms. The quantitative estimate of drug-likeness (QED) is 0.136. The van der Waals surface area contributed by atoms with E-state index in [0.29, 0.717) is 17.5 Å². The zero-order chi connectivity index (χ0) is 34.4.